The van der Waals surface area contributed by atoms with E-state index in [0.717, 1.165) is 0 Å². The molecule has 1 aromatic rings. The van der Waals surface area contributed by atoms with Crippen LogP contribution in [-0.2, 0) is 14.3 Å². The van der Waals surface area contributed by atoms with Gasteiger partial charge in [0.15, 0.2) is 11.6 Å². The first-order chi connectivity index (χ1) is 10.5. The first-order valence-electron chi connectivity index (χ1n) is 6.81. The van der Waals surface area contributed by atoms with Crippen molar-refractivity contribution in [2.24, 2.45) is 0 Å². The van der Waals surface area contributed by atoms with Gasteiger partial charge in [0.05, 0.1) is 19.8 Å². The highest BCUT2D eigenvalue weighted by atomic mass is 19.2. The van der Waals surface area contributed by atoms with Gasteiger partial charge >= 0.3 is 5.97 Å². The Kier molecular flexibility index (Phi) is 5.42. The van der Waals surface area contributed by atoms with E-state index in [1.54, 1.807) is 6.92 Å². The molecule has 6 nitrogen and oxygen atoms in total. The van der Waals surface area contributed by atoms with Gasteiger partial charge in [0.25, 0.3) is 5.95 Å². The molecule has 1 aliphatic heterocycles. The highest BCUT2D eigenvalue weighted by molar-refractivity contribution is 5.75. The maximum absolute atomic E-state index is 14.4. The van der Waals surface area contributed by atoms with Crippen molar-refractivity contribution >= 4 is 17.5 Å². The zero-order valence-electron chi connectivity index (χ0n) is 12.0. The second-order valence-corrected chi connectivity index (χ2v) is 4.49. The Hall–Kier alpha value is -2.03. The molecule has 0 amide bonds. The standard InChI is InChI=1S/C13H16F3N3O3/c1-2-22-8(20)7-17-13-10(15)11(9(14)12(16)18-13)19-3-5-21-6-4-19/h2-7H2,1H3,(H,17,18). The van der Waals surface area contributed by atoms with Gasteiger partial charge in [-0.2, -0.15) is 13.8 Å². The number of aromatic nitrogens is 1. The number of esters is 1. The first kappa shape index (κ1) is 16.3. The zero-order chi connectivity index (χ0) is 16.1. The lowest BCUT2D eigenvalue weighted by atomic mass is 10.2. The van der Waals surface area contributed by atoms with Gasteiger partial charge in [-0.3, -0.25) is 4.79 Å². The van der Waals surface area contributed by atoms with E-state index in [-0.39, 0.29) is 32.9 Å². The largest absolute Gasteiger partial charge is 0.465 e. The normalized spacial score (nSPS) is 14.8. The lowest BCUT2D eigenvalue weighted by Crippen LogP contribution is -2.38. The number of halogens is 3. The van der Waals surface area contributed by atoms with Crippen LogP contribution in [0, 0.1) is 17.6 Å². The van der Waals surface area contributed by atoms with Crippen molar-refractivity contribution in [1.29, 1.82) is 0 Å². The number of hydrogen-bond acceptors (Lipinski definition) is 6. The molecule has 0 saturated carbocycles. The van der Waals surface area contributed by atoms with Crippen molar-refractivity contribution in [3.8, 4) is 0 Å². The van der Waals surface area contributed by atoms with Crippen LogP contribution in [0.1, 0.15) is 6.92 Å². The first-order valence-corrected chi connectivity index (χ1v) is 6.81. The summed E-state index contributed by atoms with van der Waals surface area (Å²) in [7, 11) is 0. The second kappa shape index (κ2) is 7.30. The summed E-state index contributed by atoms with van der Waals surface area (Å²) in [5.41, 5.74) is -0.512. The van der Waals surface area contributed by atoms with E-state index in [1.807, 2.05) is 0 Å². The van der Waals surface area contributed by atoms with Gasteiger partial charge in [-0.25, -0.2) is 4.39 Å². The van der Waals surface area contributed by atoms with Crippen molar-refractivity contribution in [2.75, 3.05) is 49.7 Å². The van der Waals surface area contributed by atoms with Gasteiger partial charge in [-0.15, -0.1) is 0 Å². The third-order valence-corrected chi connectivity index (χ3v) is 3.05. The van der Waals surface area contributed by atoms with Gasteiger partial charge in [0, 0.05) is 13.1 Å². The van der Waals surface area contributed by atoms with Crippen LogP contribution in [0.25, 0.3) is 0 Å². The number of morpholine rings is 1. The van der Waals surface area contributed by atoms with Crippen LogP contribution >= 0.6 is 0 Å². The fourth-order valence-electron chi connectivity index (χ4n) is 2.05. The number of carbonyl (C=O) groups excluding carboxylic acids is 1. The SMILES string of the molecule is CCOC(=O)CNc1nc(F)c(F)c(N2CCOCC2)c1F. The van der Waals surface area contributed by atoms with Crippen molar-refractivity contribution in [3.63, 3.8) is 0 Å². The number of ether oxygens (including phenoxy) is 2. The number of nitrogens with zero attached hydrogens (tertiary/aromatic N) is 2. The second-order valence-electron chi connectivity index (χ2n) is 4.49. The molecule has 2 rings (SSSR count). The molecule has 0 bridgehead atoms. The maximum atomic E-state index is 14.4. The number of pyridine rings is 1. The molecule has 1 aromatic heterocycles. The lowest BCUT2D eigenvalue weighted by molar-refractivity contribution is -0.140. The summed E-state index contributed by atoms with van der Waals surface area (Å²) in [6.07, 6.45) is 0. The predicted octanol–water partition coefficient (Wildman–Crippen LogP) is 1.31. The van der Waals surface area contributed by atoms with Crippen LogP contribution in [0.15, 0.2) is 0 Å². The van der Waals surface area contributed by atoms with Crippen molar-refractivity contribution in [1.82, 2.24) is 4.98 Å². The van der Waals surface area contributed by atoms with Crippen LogP contribution in [-0.4, -0.2) is 50.4 Å². The Labute approximate surface area is 125 Å². The molecule has 0 atom stereocenters. The van der Waals surface area contributed by atoms with Crippen LogP contribution in [0.4, 0.5) is 24.7 Å². The smallest absolute Gasteiger partial charge is 0.325 e. The summed E-state index contributed by atoms with van der Waals surface area (Å²) in [5, 5.41) is 2.32. The predicted molar refractivity (Wildman–Crippen MR) is 72.3 cm³/mol. The van der Waals surface area contributed by atoms with Gasteiger partial charge in [0.2, 0.25) is 5.82 Å². The molecule has 0 aromatic carbocycles. The molecule has 0 unspecified atom stereocenters. The van der Waals surface area contributed by atoms with E-state index in [9.17, 15) is 18.0 Å². The summed E-state index contributed by atoms with van der Waals surface area (Å²) in [5.74, 6) is -5.03. The highest BCUT2D eigenvalue weighted by Crippen LogP contribution is 2.29. The monoisotopic (exact) mass is 319 g/mol. The van der Waals surface area contributed by atoms with E-state index in [0.29, 0.717) is 0 Å². The minimum absolute atomic E-state index is 0.160. The fourth-order valence-corrected chi connectivity index (χ4v) is 2.05. The minimum Gasteiger partial charge on any atom is -0.465 e. The summed E-state index contributed by atoms with van der Waals surface area (Å²) in [6.45, 7) is 2.41. The maximum Gasteiger partial charge on any atom is 0.325 e. The van der Waals surface area contributed by atoms with Crippen molar-refractivity contribution in [2.45, 2.75) is 6.92 Å². The molecule has 1 fully saturated rings. The Bertz CT molecular complexity index is 551. The van der Waals surface area contributed by atoms with E-state index in [4.69, 9.17) is 4.74 Å². The molecular weight excluding hydrogens is 303 g/mol. The molecule has 22 heavy (non-hydrogen) atoms. The van der Waals surface area contributed by atoms with Crippen LogP contribution < -0.4 is 10.2 Å². The molecular formula is C13H16F3N3O3. The summed E-state index contributed by atoms with van der Waals surface area (Å²) < 4.78 is 51.6. The number of rotatable bonds is 5. The molecule has 0 spiro atoms. The highest BCUT2D eigenvalue weighted by Gasteiger charge is 2.26. The molecule has 2 heterocycles. The average molecular weight is 319 g/mol. The minimum atomic E-state index is -1.44. The van der Waals surface area contributed by atoms with E-state index >= 15 is 0 Å². The fraction of sp³-hybridized carbons (Fsp3) is 0.538. The zero-order valence-corrected chi connectivity index (χ0v) is 12.0. The van der Waals surface area contributed by atoms with E-state index < -0.39 is 41.6 Å². The third-order valence-electron chi connectivity index (χ3n) is 3.05. The lowest BCUT2D eigenvalue weighted by Gasteiger charge is -2.29. The molecule has 1 saturated heterocycles. The van der Waals surface area contributed by atoms with Gasteiger partial charge in [-0.05, 0) is 6.92 Å². The molecule has 1 N–H and O–H groups in total. The summed E-state index contributed by atoms with van der Waals surface area (Å²) >= 11 is 0. The van der Waals surface area contributed by atoms with Crippen LogP contribution in [0.2, 0.25) is 0 Å². The Morgan fingerprint density at radius 1 is 1.32 bits per heavy atom. The number of carbonyl (C=O) groups is 1. The molecule has 0 radical (unpaired) electrons. The van der Waals surface area contributed by atoms with Gasteiger partial charge in [-0.1, -0.05) is 0 Å². The number of nitrogens with one attached hydrogen (secondary N) is 1. The van der Waals surface area contributed by atoms with E-state index in [2.05, 4.69) is 15.0 Å². The molecule has 122 valence electrons. The van der Waals surface area contributed by atoms with Gasteiger partial charge in [0.1, 0.15) is 12.2 Å². The summed E-state index contributed by atoms with van der Waals surface area (Å²) in [6, 6.07) is 0. The Morgan fingerprint density at radius 3 is 2.64 bits per heavy atom. The molecule has 1 aliphatic rings. The third kappa shape index (κ3) is 3.59. The van der Waals surface area contributed by atoms with Crippen LogP contribution in [0.5, 0.6) is 0 Å². The topological polar surface area (TPSA) is 63.7 Å². The average Bonchev–Trinajstić information content (AvgIpc) is 2.51. The Balaban J connectivity index is 2.23. The van der Waals surface area contributed by atoms with Crippen LogP contribution in [0.3, 0.4) is 0 Å². The van der Waals surface area contributed by atoms with Crippen molar-refractivity contribution < 1.29 is 27.4 Å². The number of hydrogen-bond donors (Lipinski definition) is 1. The molecule has 9 heteroatoms. The quantitative estimate of drug-likeness (QED) is 0.652. The van der Waals surface area contributed by atoms with Crippen molar-refractivity contribution in [3.05, 3.63) is 17.6 Å². The Morgan fingerprint density at radius 2 is 2.00 bits per heavy atom. The molecule has 0 aliphatic carbocycles. The van der Waals surface area contributed by atoms with Gasteiger partial charge < -0.3 is 19.7 Å². The number of anilines is 2. The summed E-state index contributed by atoms with van der Waals surface area (Å²) in [4.78, 5) is 15.7. The van der Waals surface area contributed by atoms with E-state index in [1.165, 1.54) is 4.90 Å².